The van der Waals surface area contributed by atoms with Crippen LogP contribution in [0.4, 0.5) is 4.79 Å². The highest BCUT2D eigenvalue weighted by Gasteiger charge is 2.08. The van der Waals surface area contributed by atoms with E-state index in [0.29, 0.717) is 12.4 Å². The van der Waals surface area contributed by atoms with Crippen molar-refractivity contribution in [1.29, 1.82) is 0 Å². The molecule has 88 valence electrons. The zero-order valence-corrected chi connectivity index (χ0v) is 11.8. The first-order chi connectivity index (χ1) is 7.58. The van der Waals surface area contributed by atoms with Crippen molar-refractivity contribution in [2.45, 2.75) is 25.2 Å². The molecule has 1 aromatic rings. The van der Waals surface area contributed by atoms with Gasteiger partial charge in [0, 0.05) is 4.43 Å². The molecule has 0 saturated carbocycles. The van der Waals surface area contributed by atoms with E-state index in [1.807, 2.05) is 26.0 Å². The topological polar surface area (TPSA) is 35.5 Å². The number of rotatable bonds is 3. The Kier molecular flexibility index (Phi) is 5.05. The fourth-order valence-corrected chi connectivity index (χ4v) is 2.67. The van der Waals surface area contributed by atoms with Crippen LogP contribution in [0.25, 0.3) is 0 Å². The average Bonchev–Trinajstić information content (AvgIpc) is 2.17. The molecule has 0 spiro atoms. The summed E-state index contributed by atoms with van der Waals surface area (Å²) in [5.74, 6) is 0.544. The monoisotopic (exact) mass is 334 g/mol. The third-order valence-electron chi connectivity index (χ3n) is 2.27. The number of benzene rings is 1. The van der Waals surface area contributed by atoms with E-state index in [1.54, 1.807) is 6.92 Å². The Morgan fingerprint density at radius 1 is 1.31 bits per heavy atom. The summed E-state index contributed by atoms with van der Waals surface area (Å²) in [6, 6.07) is 3.72. The minimum Gasteiger partial charge on any atom is -0.434 e. The summed E-state index contributed by atoms with van der Waals surface area (Å²) >= 11 is 2.32. The molecular formula is C12H15IO3. The zero-order valence-electron chi connectivity index (χ0n) is 9.67. The number of aryl methyl sites for hydroxylation is 2. The van der Waals surface area contributed by atoms with Crippen molar-refractivity contribution in [1.82, 2.24) is 0 Å². The lowest BCUT2D eigenvalue weighted by molar-refractivity contribution is 0.104. The summed E-state index contributed by atoms with van der Waals surface area (Å²) in [7, 11) is 0. The minimum absolute atomic E-state index is 0.322. The Balaban J connectivity index is 2.87. The summed E-state index contributed by atoms with van der Waals surface area (Å²) in [5.41, 5.74) is 3.55. The molecule has 0 N–H and O–H groups in total. The fourth-order valence-electron chi connectivity index (χ4n) is 1.47. The predicted octanol–water partition coefficient (Wildman–Crippen LogP) is 3.77. The standard InChI is InChI=1S/C12H15IO3/c1-4-15-12(14)16-10-5-8(2)11(7-13)9(3)6-10/h5-6H,4,7H2,1-3H3. The van der Waals surface area contributed by atoms with Crippen LogP contribution < -0.4 is 4.74 Å². The van der Waals surface area contributed by atoms with Gasteiger partial charge in [0.2, 0.25) is 0 Å². The minimum atomic E-state index is -0.650. The van der Waals surface area contributed by atoms with Crippen LogP contribution >= 0.6 is 22.6 Å². The average molecular weight is 334 g/mol. The SMILES string of the molecule is CCOC(=O)Oc1cc(C)c(CI)c(C)c1. The summed E-state index contributed by atoms with van der Waals surface area (Å²) in [6.45, 7) is 6.09. The van der Waals surface area contributed by atoms with Crippen molar-refractivity contribution < 1.29 is 14.3 Å². The smallest absolute Gasteiger partial charge is 0.434 e. The molecular weight excluding hydrogens is 319 g/mol. The number of hydrogen-bond donors (Lipinski definition) is 0. The second-order valence-electron chi connectivity index (χ2n) is 3.45. The highest BCUT2D eigenvalue weighted by atomic mass is 127. The van der Waals surface area contributed by atoms with Gasteiger partial charge in [-0.25, -0.2) is 4.79 Å². The summed E-state index contributed by atoms with van der Waals surface area (Å²) in [6.07, 6.45) is -0.650. The van der Waals surface area contributed by atoms with Crippen LogP contribution in [0.3, 0.4) is 0 Å². The quantitative estimate of drug-likeness (QED) is 0.365. The number of alkyl halides is 1. The number of hydrogen-bond acceptors (Lipinski definition) is 3. The molecule has 0 aliphatic heterocycles. The maximum Gasteiger partial charge on any atom is 0.513 e. The number of ether oxygens (including phenoxy) is 2. The van der Waals surface area contributed by atoms with Gasteiger partial charge < -0.3 is 9.47 Å². The lowest BCUT2D eigenvalue weighted by atomic mass is 10.0. The molecule has 0 saturated heterocycles. The van der Waals surface area contributed by atoms with Gasteiger partial charge in [-0.2, -0.15) is 0 Å². The van der Waals surface area contributed by atoms with Crippen LogP contribution in [0.15, 0.2) is 12.1 Å². The normalized spacial score (nSPS) is 10.0. The molecule has 0 unspecified atom stereocenters. The van der Waals surface area contributed by atoms with Crippen molar-refractivity contribution in [2.24, 2.45) is 0 Å². The number of halogens is 1. The van der Waals surface area contributed by atoms with Crippen molar-refractivity contribution in [3.8, 4) is 5.75 Å². The molecule has 0 aromatic heterocycles. The van der Waals surface area contributed by atoms with Gasteiger partial charge in [-0.15, -0.1) is 0 Å². The van der Waals surface area contributed by atoms with Crippen LogP contribution in [-0.4, -0.2) is 12.8 Å². The van der Waals surface area contributed by atoms with E-state index in [4.69, 9.17) is 9.47 Å². The van der Waals surface area contributed by atoms with E-state index in [0.717, 1.165) is 15.6 Å². The largest absolute Gasteiger partial charge is 0.513 e. The van der Waals surface area contributed by atoms with Gasteiger partial charge in [0.25, 0.3) is 0 Å². The summed E-state index contributed by atoms with van der Waals surface area (Å²) < 4.78 is 10.7. The second-order valence-corrected chi connectivity index (χ2v) is 4.22. The molecule has 0 aliphatic carbocycles. The maximum absolute atomic E-state index is 11.1. The van der Waals surface area contributed by atoms with Gasteiger partial charge in [-0.3, -0.25) is 0 Å². The molecule has 0 aliphatic rings. The molecule has 0 radical (unpaired) electrons. The van der Waals surface area contributed by atoms with Crippen LogP contribution in [0, 0.1) is 13.8 Å². The van der Waals surface area contributed by atoms with Crippen LogP contribution in [0.2, 0.25) is 0 Å². The zero-order chi connectivity index (χ0) is 12.1. The van der Waals surface area contributed by atoms with Gasteiger partial charge in [-0.1, -0.05) is 22.6 Å². The third kappa shape index (κ3) is 3.37. The molecule has 0 fully saturated rings. The third-order valence-corrected chi connectivity index (χ3v) is 3.03. The Hall–Kier alpha value is -0.780. The van der Waals surface area contributed by atoms with Crippen LogP contribution in [0.5, 0.6) is 5.75 Å². The lowest BCUT2D eigenvalue weighted by Crippen LogP contribution is -2.10. The van der Waals surface area contributed by atoms with E-state index in [9.17, 15) is 4.79 Å². The van der Waals surface area contributed by atoms with Crippen LogP contribution in [-0.2, 0) is 9.16 Å². The van der Waals surface area contributed by atoms with E-state index >= 15 is 0 Å². The summed E-state index contributed by atoms with van der Waals surface area (Å²) in [4.78, 5) is 11.1. The first kappa shape index (κ1) is 13.3. The first-order valence-electron chi connectivity index (χ1n) is 5.09. The molecule has 0 atom stereocenters. The van der Waals surface area contributed by atoms with Crippen molar-refractivity contribution in [2.75, 3.05) is 6.61 Å². The molecule has 16 heavy (non-hydrogen) atoms. The second kappa shape index (κ2) is 6.08. The Labute approximate surface area is 109 Å². The first-order valence-corrected chi connectivity index (χ1v) is 6.61. The van der Waals surface area contributed by atoms with E-state index in [-0.39, 0.29) is 0 Å². The summed E-state index contributed by atoms with van der Waals surface area (Å²) in [5, 5.41) is 0. The molecule has 0 heterocycles. The Bertz CT molecular complexity index is 365. The lowest BCUT2D eigenvalue weighted by Gasteiger charge is -2.10. The van der Waals surface area contributed by atoms with E-state index < -0.39 is 6.16 Å². The van der Waals surface area contributed by atoms with Gasteiger partial charge in [-0.05, 0) is 49.6 Å². The molecule has 1 rings (SSSR count). The maximum atomic E-state index is 11.1. The highest BCUT2D eigenvalue weighted by molar-refractivity contribution is 14.1. The Morgan fingerprint density at radius 3 is 2.31 bits per heavy atom. The van der Waals surface area contributed by atoms with Crippen molar-refractivity contribution in [3.63, 3.8) is 0 Å². The number of carbonyl (C=O) groups excluding carboxylic acids is 1. The predicted molar refractivity (Wildman–Crippen MR) is 71.3 cm³/mol. The molecule has 0 amide bonds. The van der Waals surface area contributed by atoms with Gasteiger partial charge in [0.05, 0.1) is 6.61 Å². The fraction of sp³-hybridized carbons (Fsp3) is 0.417. The molecule has 3 nitrogen and oxygen atoms in total. The van der Waals surface area contributed by atoms with Crippen LogP contribution in [0.1, 0.15) is 23.6 Å². The van der Waals surface area contributed by atoms with Gasteiger partial charge >= 0.3 is 6.16 Å². The van der Waals surface area contributed by atoms with Crippen molar-refractivity contribution in [3.05, 3.63) is 28.8 Å². The molecule has 4 heteroatoms. The van der Waals surface area contributed by atoms with Gasteiger partial charge in [0.1, 0.15) is 5.75 Å². The van der Waals surface area contributed by atoms with Crippen molar-refractivity contribution >= 4 is 28.7 Å². The van der Waals surface area contributed by atoms with E-state index in [1.165, 1.54) is 5.56 Å². The van der Waals surface area contributed by atoms with Gasteiger partial charge in [0.15, 0.2) is 0 Å². The Morgan fingerprint density at radius 2 is 1.88 bits per heavy atom. The number of carbonyl (C=O) groups is 1. The molecule has 0 bridgehead atoms. The van der Waals surface area contributed by atoms with E-state index in [2.05, 4.69) is 22.6 Å². The highest BCUT2D eigenvalue weighted by Crippen LogP contribution is 2.24. The molecule has 1 aromatic carbocycles.